The third kappa shape index (κ3) is 16.7. The van der Waals surface area contributed by atoms with Crippen LogP contribution in [0.4, 0.5) is 4.79 Å². The second-order valence-corrected chi connectivity index (χ2v) is 5.68. The first-order chi connectivity index (χ1) is 8.99. The minimum atomic E-state index is -0.713. The van der Waals surface area contributed by atoms with E-state index < -0.39 is 23.6 Å². The molecule has 20 heavy (non-hydrogen) atoms. The standard InChI is InChI=1S/C8H16N2O3.C5H14N2/c1-5(6(9)11)10-7(12)13-8(2,3)4;1-6-4-5-7(2)3/h5H,1-4H3,(H2,9,11)(H,10,12);6H,4-5H2,1-3H3/t5-;/m0./s1. The van der Waals surface area contributed by atoms with E-state index in [1.165, 1.54) is 6.92 Å². The van der Waals surface area contributed by atoms with Gasteiger partial charge in [0.2, 0.25) is 5.91 Å². The molecule has 1 atom stereocenters. The fourth-order valence-corrected chi connectivity index (χ4v) is 0.891. The van der Waals surface area contributed by atoms with E-state index in [0.717, 1.165) is 13.1 Å². The highest BCUT2D eigenvalue weighted by Crippen LogP contribution is 2.06. The molecule has 0 aromatic carbocycles. The summed E-state index contributed by atoms with van der Waals surface area (Å²) in [4.78, 5) is 23.7. The molecule has 0 radical (unpaired) electrons. The molecule has 0 aliphatic carbocycles. The van der Waals surface area contributed by atoms with Crippen LogP contribution in [0.3, 0.4) is 0 Å². The number of rotatable bonds is 5. The molecule has 7 heteroatoms. The highest BCUT2D eigenvalue weighted by molar-refractivity contribution is 5.83. The van der Waals surface area contributed by atoms with Crippen molar-refractivity contribution < 1.29 is 14.3 Å². The second kappa shape index (κ2) is 10.4. The Bertz CT molecular complexity index is 288. The number of nitrogens with two attached hydrogens (primary N) is 1. The van der Waals surface area contributed by atoms with Gasteiger partial charge in [-0.25, -0.2) is 4.79 Å². The molecule has 120 valence electrons. The maximum absolute atomic E-state index is 11.0. The molecule has 7 nitrogen and oxygen atoms in total. The van der Waals surface area contributed by atoms with Gasteiger partial charge in [0.05, 0.1) is 0 Å². The van der Waals surface area contributed by atoms with Crippen LogP contribution >= 0.6 is 0 Å². The van der Waals surface area contributed by atoms with Crippen molar-refractivity contribution in [3.05, 3.63) is 0 Å². The summed E-state index contributed by atoms with van der Waals surface area (Å²) in [6.07, 6.45) is -0.640. The summed E-state index contributed by atoms with van der Waals surface area (Å²) in [6, 6.07) is -0.713. The van der Waals surface area contributed by atoms with E-state index in [0.29, 0.717) is 0 Å². The van der Waals surface area contributed by atoms with Crippen molar-refractivity contribution in [2.75, 3.05) is 34.2 Å². The number of nitrogens with zero attached hydrogens (tertiary/aromatic N) is 1. The predicted octanol–water partition coefficient (Wildman–Crippen LogP) is 0.152. The quantitative estimate of drug-likeness (QED) is 0.670. The van der Waals surface area contributed by atoms with E-state index in [1.807, 2.05) is 7.05 Å². The van der Waals surface area contributed by atoms with E-state index in [9.17, 15) is 9.59 Å². The second-order valence-electron chi connectivity index (χ2n) is 5.68. The van der Waals surface area contributed by atoms with Crippen molar-refractivity contribution in [2.45, 2.75) is 39.3 Å². The number of hydrogen-bond donors (Lipinski definition) is 3. The monoisotopic (exact) mass is 290 g/mol. The van der Waals surface area contributed by atoms with Gasteiger partial charge in [0.25, 0.3) is 0 Å². The molecule has 0 saturated carbocycles. The van der Waals surface area contributed by atoms with Gasteiger partial charge < -0.3 is 26.0 Å². The third-order valence-electron chi connectivity index (χ3n) is 1.97. The Morgan fingerprint density at radius 1 is 1.30 bits per heavy atom. The molecular weight excluding hydrogens is 260 g/mol. The minimum Gasteiger partial charge on any atom is -0.444 e. The molecule has 0 bridgehead atoms. The lowest BCUT2D eigenvalue weighted by Crippen LogP contribution is -2.44. The van der Waals surface area contributed by atoms with Crippen LogP contribution in [0.25, 0.3) is 0 Å². The molecule has 0 aliphatic rings. The molecule has 2 amide bonds. The predicted molar refractivity (Wildman–Crippen MR) is 80.5 cm³/mol. The fraction of sp³-hybridized carbons (Fsp3) is 0.846. The summed E-state index contributed by atoms with van der Waals surface area (Å²) in [6.45, 7) is 8.90. The summed E-state index contributed by atoms with van der Waals surface area (Å²) in [7, 11) is 6.10. The first kappa shape index (κ1) is 21.0. The Hall–Kier alpha value is -1.34. The fourth-order valence-electron chi connectivity index (χ4n) is 0.891. The Labute approximate surface area is 122 Å². The number of likely N-dealkylation sites (N-methyl/N-ethyl adjacent to an activating group) is 2. The zero-order chi connectivity index (χ0) is 16.3. The summed E-state index contributed by atoms with van der Waals surface area (Å²) < 4.78 is 4.90. The highest BCUT2D eigenvalue weighted by Gasteiger charge is 2.19. The molecule has 0 fully saturated rings. The minimum absolute atomic E-state index is 0.568. The topological polar surface area (TPSA) is 96.7 Å². The largest absolute Gasteiger partial charge is 0.444 e. The van der Waals surface area contributed by atoms with Gasteiger partial charge in [0, 0.05) is 13.1 Å². The third-order valence-corrected chi connectivity index (χ3v) is 1.97. The SMILES string of the molecule is CNCCN(C)C.C[C@H](NC(=O)OC(C)(C)C)C(N)=O. The summed E-state index contributed by atoms with van der Waals surface area (Å²) in [5.74, 6) is -0.592. The van der Waals surface area contributed by atoms with E-state index in [4.69, 9.17) is 10.5 Å². The van der Waals surface area contributed by atoms with Crippen LogP contribution in [0, 0.1) is 0 Å². The van der Waals surface area contributed by atoms with Crippen LogP contribution in [-0.4, -0.2) is 62.8 Å². The van der Waals surface area contributed by atoms with E-state index in [-0.39, 0.29) is 0 Å². The van der Waals surface area contributed by atoms with Gasteiger partial charge >= 0.3 is 6.09 Å². The normalized spacial score (nSPS) is 12.2. The number of carbonyl (C=O) groups excluding carboxylic acids is 2. The Kier molecular flexibility index (Phi) is 11.0. The molecule has 0 aromatic rings. The molecule has 0 heterocycles. The van der Waals surface area contributed by atoms with E-state index >= 15 is 0 Å². The van der Waals surface area contributed by atoms with Crippen LogP contribution in [0.5, 0.6) is 0 Å². The smallest absolute Gasteiger partial charge is 0.408 e. The zero-order valence-electron chi connectivity index (χ0n) is 13.7. The number of ether oxygens (including phenoxy) is 1. The number of carbonyl (C=O) groups is 2. The van der Waals surface area contributed by atoms with Crippen molar-refractivity contribution in [3.63, 3.8) is 0 Å². The number of amides is 2. The van der Waals surface area contributed by atoms with Crippen LogP contribution in [0.1, 0.15) is 27.7 Å². The Balaban J connectivity index is 0. The maximum atomic E-state index is 11.0. The van der Waals surface area contributed by atoms with Crippen molar-refractivity contribution in [1.82, 2.24) is 15.5 Å². The Morgan fingerprint density at radius 3 is 2.05 bits per heavy atom. The van der Waals surface area contributed by atoms with Crippen molar-refractivity contribution >= 4 is 12.0 Å². The molecular formula is C13H30N4O3. The van der Waals surface area contributed by atoms with Crippen LogP contribution in [0.2, 0.25) is 0 Å². The first-order valence-corrected chi connectivity index (χ1v) is 6.57. The van der Waals surface area contributed by atoms with Gasteiger partial charge in [-0.1, -0.05) is 0 Å². The summed E-state index contributed by atoms with van der Waals surface area (Å²) in [5, 5.41) is 5.36. The van der Waals surface area contributed by atoms with E-state index in [2.05, 4.69) is 29.6 Å². The molecule has 0 rings (SSSR count). The highest BCUT2D eigenvalue weighted by atomic mass is 16.6. The molecule has 4 N–H and O–H groups in total. The number of alkyl carbamates (subject to hydrolysis) is 1. The lowest BCUT2D eigenvalue weighted by molar-refractivity contribution is -0.119. The number of primary amides is 1. The van der Waals surface area contributed by atoms with E-state index in [1.54, 1.807) is 20.8 Å². The van der Waals surface area contributed by atoms with Gasteiger partial charge in [-0.2, -0.15) is 0 Å². The van der Waals surface area contributed by atoms with Crippen molar-refractivity contribution in [2.24, 2.45) is 5.73 Å². The number of nitrogens with one attached hydrogen (secondary N) is 2. The van der Waals surface area contributed by atoms with Gasteiger partial charge in [-0.3, -0.25) is 4.79 Å². The van der Waals surface area contributed by atoms with Gasteiger partial charge in [0.15, 0.2) is 0 Å². The molecule has 0 saturated heterocycles. The molecule has 0 spiro atoms. The lowest BCUT2D eigenvalue weighted by atomic mass is 10.2. The maximum Gasteiger partial charge on any atom is 0.408 e. The summed E-state index contributed by atoms with van der Waals surface area (Å²) >= 11 is 0. The zero-order valence-corrected chi connectivity index (χ0v) is 13.7. The van der Waals surface area contributed by atoms with Crippen molar-refractivity contribution in [1.29, 1.82) is 0 Å². The summed E-state index contributed by atoms with van der Waals surface area (Å²) in [5.41, 5.74) is 4.37. The van der Waals surface area contributed by atoms with Crippen LogP contribution in [-0.2, 0) is 9.53 Å². The average molecular weight is 290 g/mol. The number of hydrogen-bond acceptors (Lipinski definition) is 5. The van der Waals surface area contributed by atoms with Gasteiger partial charge in [-0.05, 0) is 48.8 Å². The van der Waals surface area contributed by atoms with Crippen LogP contribution in [0.15, 0.2) is 0 Å². The molecule has 0 aliphatic heterocycles. The van der Waals surface area contributed by atoms with Gasteiger partial charge in [0.1, 0.15) is 11.6 Å². The van der Waals surface area contributed by atoms with Crippen molar-refractivity contribution in [3.8, 4) is 0 Å². The van der Waals surface area contributed by atoms with Crippen LogP contribution < -0.4 is 16.4 Å². The van der Waals surface area contributed by atoms with Gasteiger partial charge in [-0.15, -0.1) is 0 Å². The molecule has 0 aromatic heterocycles. The Morgan fingerprint density at radius 2 is 1.80 bits per heavy atom. The average Bonchev–Trinajstić information content (AvgIpc) is 2.24. The lowest BCUT2D eigenvalue weighted by Gasteiger charge is -2.20. The molecule has 0 unspecified atom stereocenters. The first-order valence-electron chi connectivity index (χ1n) is 6.57.